The highest BCUT2D eigenvalue weighted by atomic mass is 16.3. The van der Waals surface area contributed by atoms with Gasteiger partial charge in [0.15, 0.2) is 0 Å². The number of hydrogen-bond donors (Lipinski definition) is 4. The van der Waals surface area contributed by atoms with Crippen LogP contribution in [0.25, 0.3) is 0 Å². The molecule has 0 saturated carbocycles. The molecule has 0 spiro atoms. The van der Waals surface area contributed by atoms with Crippen LogP contribution >= 0.6 is 0 Å². The molecule has 4 atom stereocenters. The van der Waals surface area contributed by atoms with Gasteiger partial charge in [0.25, 0.3) is 0 Å². The smallest absolute Gasteiger partial charge is 0.243 e. The number of piperazine rings is 1. The lowest BCUT2D eigenvalue weighted by molar-refractivity contribution is -0.140. The molecule has 2 amide bonds. The minimum atomic E-state index is -1.38. The van der Waals surface area contributed by atoms with Gasteiger partial charge >= 0.3 is 0 Å². The van der Waals surface area contributed by atoms with E-state index >= 15 is 0 Å². The Morgan fingerprint density at radius 2 is 1.94 bits per heavy atom. The maximum absolute atomic E-state index is 11.9. The average molecular weight is 258 g/mol. The van der Waals surface area contributed by atoms with Crippen molar-refractivity contribution in [2.24, 2.45) is 5.92 Å². The molecule has 1 saturated heterocycles. The molecule has 1 aliphatic heterocycles. The van der Waals surface area contributed by atoms with Gasteiger partial charge in [-0.3, -0.25) is 9.59 Å². The third-order valence-corrected chi connectivity index (χ3v) is 3.41. The van der Waals surface area contributed by atoms with Gasteiger partial charge in [0.1, 0.15) is 12.1 Å². The van der Waals surface area contributed by atoms with E-state index in [0.717, 1.165) is 6.42 Å². The first-order valence-electron chi connectivity index (χ1n) is 6.24. The number of hydrogen-bond acceptors (Lipinski definition) is 4. The maximum atomic E-state index is 11.9. The van der Waals surface area contributed by atoms with Crippen molar-refractivity contribution in [1.29, 1.82) is 0 Å². The molecule has 1 aliphatic rings. The second-order valence-corrected chi connectivity index (χ2v) is 5.29. The molecule has 4 N–H and O–H groups in total. The van der Waals surface area contributed by atoms with E-state index < -0.39 is 24.3 Å². The second kappa shape index (κ2) is 5.67. The van der Waals surface area contributed by atoms with Gasteiger partial charge in [-0.2, -0.15) is 0 Å². The predicted molar refractivity (Wildman–Crippen MR) is 65.6 cm³/mol. The lowest BCUT2D eigenvalue weighted by atomic mass is 9.91. The first kappa shape index (κ1) is 14.9. The van der Waals surface area contributed by atoms with Gasteiger partial charge in [0.2, 0.25) is 11.8 Å². The SMILES string of the molecule is CC[C@H](C)[C@@H]1NC(=O)[C@H](C[C@@](C)(O)CO)NC1=O. The fourth-order valence-electron chi connectivity index (χ4n) is 1.93. The van der Waals surface area contributed by atoms with Gasteiger partial charge < -0.3 is 20.8 Å². The first-order valence-corrected chi connectivity index (χ1v) is 6.24. The Balaban J connectivity index is 2.68. The highest BCUT2D eigenvalue weighted by Gasteiger charge is 2.38. The van der Waals surface area contributed by atoms with Gasteiger partial charge in [0, 0.05) is 6.42 Å². The molecule has 0 aromatic heterocycles. The van der Waals surface area contributed by atoms with Crippen LogP contribution in [-0.2, 0) is 9.59 Å². The molecule has 0 aromatic rings. The van der Waals surface area contributed by atoms with Crippen LogP contribution < -0.4 is 10.6 Å². The molecule has 0 bridgehead atoms. The summed E-state index contributed by atoms with van der Waals surface area (Å²) < 4.78 is 0. The summed E-state index contributed by atoms with van der Waals surface area (Å²) in [6.07, 6.45) is 0.783. The fourth-order valence-corrected chi connectivity index (χ4v) is 1.93. The minimum absolute atomic E-state index is 0.00566. The summed E-state index contributed by atoms with van der Waals surface area (Å²) in [6, 6.07) is -1.31. The van der Waals surface area contributed by atoms with Gasteiger partial charge in [-0.1, -0.05) is 20.3 Å². The molecule has 104 valence electrons. The van der Waals surface area contributed by atoms with E-state index in [9.17, 15) is 14.7 Å². The van der Waals surface area contributed by atoms with Crippen LogP contribution in [0.2, 0.25) is 0 Å². The first-order chi connectivity index (χ1) is 8.30. The van der Waals surface area contributed by atoms with Crippen LogP contribution in [0.3, 0.4) is 0 Å². The summed E-state index contributed by atoms with van der Waals surface area (Å²) in [5.41, 5.74) is -1.38. The van der Waals surface area contributed by atoms with Crippen LogP contribution in [0.5, 0.6) is 0 Å². The van der Waals surface area contributed by atoms with E-state index in [2.05, 4.69) is 10.6 Å². The van der Waals surface area contributed by atoms with Crippen molar-refractivity contribution in [3.05, 3.63) is 0 Å². The number of aliphatic hydroxyl groups is 2. The van der Waals surface area contributed by atoms with Crippen molar-refractivity contribution in [3.63, 3.8) is 0 Å². The topological polar surface area (TPSA) is 98.7 Å². The maximum Gasteiger partial charge on any atom is 0.243 e. The number of nitrogens with one attached hydrogen (secondary N) is 2. The van der Waals surface area contributed by atoms with Crippen LogP contribution in [-0.4, -0.2) is 46.3 Å². The molecule has 6 nitrogen and oxygen atoms in total. The molecule has 0 aliphatic carbocycles. The van der Waals surface area contributed by atoms with Crippen molar-refractivity contribution in [3.8, 4) is 0 Å². The number of carbonyl (C=O) groups excluding carboxylic acids is 2. The van der Waals surface area contributed by atoms with E-state index in [1.807, 2.05) is 13.8 Å². The molecule has 0 radical (unpaired) electrons. The zero-order chi connectivity index (χ0) is 13.9. The summed E-state index contributed by atoms with van der Waals surface area (Å²) >= 11 is 0. The summed E-state index contributed by atoms with van der Waals surface area (Å²) in [5.74, 6) is -0.482. The molecular weight excluding hydrogens is 236 g/mol. The quantitative estimate of drug-likeness (QED) is 0.516. The number of carbonyl (C=O) groups is 2. The van der Waals surface area contributed by atoms with Crippen LogP contribution in [0.1, 0.15) is 33.6 Å². The van der Waals surface area contributed by atoms with Gasteiger partial charge in [-0.05, 0) is 12.8 Å². The zero-order valence-corrected chi connectivity index (χ0v) is 11.1. The third-order valence-electron chi connectivity index (χ3n) is 3.41. The monoisotopic (exact) mass is 258 g/mol. The Bertz CT molecular complexity index is 330. The fraction of sp³-hybridized carbons (Fsp3) is 0.833. The number of amides is 2. The number of aliphatic hydroxyl groups excluding tert-OH is 1. The Morgan fingerprint density at radius 3 is 2.44 bits per heavy atom. The van der Waals surface area contributed by atoms with Crippen molar-refractivity contribution in [2.75, 3.05) is 6.61 Å². The van der Waals surface area contributed by atoms with Crippen molar-refractivity contribution in [1.82, 2.24) is 10.6 Å². The molecule has 1 rings (SSSR count). The van der Waals surface area contributed by atoms with E-state index in [4.69, 9.17) is 5.11 Å². The summed E-state index contributed by atoms with van der Waals surface area (Å²) in [5, 5.41) is 23.9. The van der Waals surface area contributed by atoms with E-state index in [0.29, 0.717) is 0 Å². The lowest BCUT2D eigenvalue weighted by Gasteiger charge is -2.35. The van der Waals surface area contributed by atoms with E-state index in [-0.39, 0.29) is 24.2 Å². The molecule has 6 heteroatoms. The Labute approximate surface area is 107 Å². The standard InChI is InChI=1S/C12H22N2O4/c1-4-7(2)9-11(17)13-8(10(16)14-9)5-12(3,18)6-15/h7-9,15,18H,4-6H2,1-3H3,(H,13,17)(H,14,16)/t7-,8-,9-,12+/m0/s1. The Morgan fingerprint density at radius 1 is 1.33 bits per heavy atom. The predicted octanol–water partition coefficient (Wildman–Crippen LogP) is -0.851. The van der Waals surface area contributed by atoms with Gasteiger partial charge in [-0.25, -0.2) is 0 Å². The summed E-state index contributed by atoms with van der Waals surface area (Å²) in [4.78, 5) is 23.7. The number of rotatable bonds is 5. The Kier molecular flexibility index (Phi) is 4.70. The van der Waals surface area contributed by atoms with Crippen LogP contribution in [0.15, 0.2) is 0 Å². The molecule has 18 heavy (non-hydrogen) atoms. The third kappa shape index (κ3) is 3.43. The van der Waals surface area contributed by atoms with E-state index in [1.54, 1.807) is 0 Å². The van der Waals surface area contributed by atoms with Gasteiger partial charge in [-0.15, -0.1) is 0 Å². The Hall–Kier alpha value is -1.14. The van der Waals surface area contributed by atoms with Crippen LogP contribution in [0, 0.1) is 5.92 Å². The molecule has 1 heterocycles. The summed E-state index contributed by atoms with van der Waals surface area (Å²) in [6.45, 7) is 4.82. The molecule has 0 aromatic carbocycles. The average Bonchev–Trinajstić information content (AvgIpc) is 2.32. The van der Waals surface area contributed by atoms with Gasteiger partial charge in [0.05, 0.1) is 12.2 Å². The minimum Gasteiger partial charge on any atom is -0.393 e. The molecular formula is C12H22N2O4. The molecule has 0 unspecified atom stereocenters. The van der Waals surface area contributed by atoms with Crippen molar-refractivity contribution < 1.29 is 19.8 Å². The highest BCUT2D eigenvalue weighted by Crippen LogP contribution is 2.17. The largest absolute Gasteiger partial charge is 0.393 e. The molecule has 1 fully saturated rings. The van der Waals surface area contributed by atoms with Crippen molar-refractivity contribution >= 4 is 11.8 Å². The van der Waals surface area contributed by atoms with Crippen molar-refractivity contribution in [2.45, 2.75) is 51.3 Å². The summed E-state index contributed by atoms with van der Waals surface area (Å²) in [7, 11) is 0. The second-order valence-electron chi connectivity index (χ2n) is 5.29. The van der Waals surface area contributed by atoms with Crippen LogP contribution in [0.4, 0.5) is 0 Å². The zero-order valence-electron chi connectivity index (χ0n) is 11.1. The highest BCUT2D eigenvalue weighted by molar-refractivity contribution is 5.97. The lowest BCUT2D eigenvalue weighted by Crippen LogP contribution is -2.64. The normalized spacial score (nSPS) is 29.2. The van der Waals surface area contributed by atoms with E-state index in [1.165, 1.54) is 6.92 Å².